The van der Waals surface area contributed by atoms with Crippen LogP contribution in [0.5, 0.6) is 0 Å². The van der Waals surface area contributed by atoms with Crippen molar-refractivity contribution in [3.8, 4) is 6.19 Å². The van der Waals surface area contributed by atoms with Gasteiger partial charge in [0, 0.05) is 0 Å². The summed E-state index contributed by atoms with van der Waals surface area (Å²) in [6, 6.07) is 4.96. The third-order valence-corrected chi connectivity index (χ3v) is 2.33. The standard InChI is InChI=1S/C10H10FN3S/c1-7-4-3-5-8(9(7)11)14-10(15-2)13-6-12/h3-5H,1-2H3,(H,13,14). The summed E-state index contributed by atoms with van der Waals surface area (Å²) in [7, 11) is 0. The molecule has 0 aliphatic rings. The topological polar surface area (TPSA) is 48.2 Å². The smallest absolute Gasteiger partial charge is 0.183 e. The molecule has 78 valence electrons. The Morgan fingerprint density at radius 1 is 1.60 bits per heavy atom. The van der Waals surface area contributed by atoms with Gasteiger partial charge in [0.15, 0.2) is 17.2 Å². The van der Waals surface area contributed by atoms with Gasteiger partial charge in [-0.05, 0) is 24.8 Å². The third kappa shape index (κ3) is 2.96. The first-order valence-electron chi connectivity index (χ1n) is 4.22. The van der Waals surface area contributed by atoms with E-state index < -0.39 is 0 Å². The zero-order valence-corrected chi connectivity index (χ0v) is 9.23. The molecule has 0 aliphatic carbocycles. The molecule has 1 aromatic carbocycles. The van der Waals surface area contributed by atoms with Crippen LogP contribution in [0.25, 0.3) is 0 Å². The van der Waals surface area contributed by atoms with E-state index in [1.807, 2.05) is 0 Å². The maximum Gasteiger partial charge on any atom is 0.183 e. The lowest BCUT2D eigenvalue weighted by Crippen LogP contribution is -2.12. The summed E-state index contributed by atoms with van der Waals surface area (Å²) in [6.07, 6.45) is 3.51. The largest absolute Gasteiger partial charge is 0.271 e. The fourth-order valence-corrected chi connectivity index (χ4v) is 1.34. The van der Waals surface area contributed by atoms with Crippen molar-refractivity contribution in [1.82, 2.24) is 5.32 Å². The van der Waals surface area contributed by atoms with Crippen molar-refractivity contribution >= 4 is 22.6 Å². The first-order valence-corrected chi connectivity index (χ1v) is 5.44. The molecular formula is C10H10FN3S. The normalized spacial score (nSPS) is 10.9. The van der Waals surface area contributed by atoms with Crippen LogP contribution in [0.3, 0.4) is 0 Å². The molecule has 0 spiro atoms. The predicted molar refractivity (Wildman–Crippen MR) is 60.5 cm³/mol. The van der Waals surface area contributed by atoms with Gasteiger partial charge in [-0.2, -0.15) is 5.26 Å². The molecule has 15 heavy (non-hydrogen) atoms. The van der Waals surface area contributed by atoms with Crippen LogP contribution in [-0.4, -0.2) is 11.4 Å². The minimum absolute atomic E-state index is 0.238. The summed E-state index contributed by atoms with van der Waals surface area (Å²) in [5.74, 6) is -0.358. The molecule has 1 N–H and O–H groups in total. The van der Waals surface area contributed by atoms with Crippen LogP contribution in [0.2, 0.25) is 0 Å². The van der Waals surface area contributed by atoms with Crippen molar-refractivity contribution in [1.29, 1.82) is 5.26 Å². The van der Waals surface area contributed by atoms with E-state index >= 15 is 0 Å². The Morgan fingerprint density at radius 3 is 2.93 bits per heavy atom. The Kier molecular flexibility index (Phi) is 4.13. The van der Waals surface area contributed by atoms with E-state index in [1.165, 1.54) is 11.8 Å². The number of hydrogen-bond donors (Lipinski definition) is 1. The highest BCUT2D eigenvalue weighted by Gasteiger charge is 2.04. The van der Waals surface area contributed by atoms with Crippen LogP contribution in [0, 0.1) is 24.2 Å². The van der Waals surface area contributed by atoms with Crippen molar-refractivity contribution < 1.29 is 4.39 Å². The molecule has 1 rings (SSSR count). The van der Waals surface area contributed by atoms with Gasteiger partial charge in [0.1, 0.15) is 5.69 Å². The molecule has 0 fully saturated rings. The SMILES string of the molecule is CSC(=Nc1cccc(C)c1F)NC#N. The van der Waals surface area contributed by atoms with Crippen molar-refractivity contribution in [2.24, 2.45) is 4.99 Å². The highest BCUT2D eigenvalue weighted by Crippen LogP contribution is 2.21. The van der Waals surface area contributed by atoms with Crippen molar-refractivity contribution in [2.45, 2.75) is 6.92 Å². The number of nitrogens with zero attached hydrogens (tertiary/aromatic N) is 2. The Bertz CT molecular complexity index is 423. The molecule has 3 nitrogen and oxygen atoms in total. The van der Waals surface area contributed by atoms with Gasteiger partial charge in [0.2, 0.25) is 0 Å². The van der Waals surface area contributed by atoms with Gasteiger partial charge in [-0.3, -0.25) is 5.32 Å². The number of rotatable bonds is 1. The summed E-state index contributed by atoms with van der Waals surface area (Å²) in [5, 5.41) is 11.2. The fraction of sp³-hybridized carbons (Fsp3) is 0.200. The summed E-state index contributed by atoms with van der Waals surface area (Å²) in [6.45, 7) is 1.67. The summed E-state index contributed by atoms with van der Waals surface area (Å²) < 4.78 is 13.5. The maximum atomic E-state index is 13.5. The van der Waals surface area contributed by atoms with Crippen LogP contribution < -0.4 is 5.32 Å². The summed E-state index contributed by atoms with van der Waals surface area (Å²) in [5.41, 5.74) is 0.774. The van der Waals surface area contributed by atoms with E-state index in [1.54, 1.807) is 37.6 Å². The van der Waals surface area contributed by atoms with E-state index in [0.29, 0.717) is 10.7 Å². The fourth-order valence-electron chi connectivity index (χ4n) is 1.00. The van der Waals surface area contributed by atoms with Gasteiger partial charge in [0.25, 0.3) is 0 Å². The highest BCUT2D eigenvalue weighted by atomic mass is 32.2. The van der Waals surface area contributed by atoms with E-state index in [-0.39, 0.29) is 11.5 Å². The number of aryl methyl sites for hydroxylation is 1. The van der Waals surface area contributed by atoms with E-state index in [0.717, 1.165) is 0 Å². The highest BCUT2D eigenvalue weighted by molar-refractivity contribution is 8.13. The van der Waals surface area contributed by atoms with Crippen LogP contribution in [-0.2, 0) is 0 Å². The number of benzene rings is 1. The average molecular weight is 223 g/mol. The van der Waals surface area contributed by atoms with Gasteiger partial charge in [-0.1, -0.05) is 23.9 Å². The summed E-state index contributed by atoms with van der Waals surface area (Å²) >= 11 is 1.25. The molecule has 0 aromatic heterocycles. The summed E-state index contributed by atoms with van der Waals surface area (Å²) in [4.78, 5) is 4.00. The number of nitriles is 1. The van der Waals surface area contributed by atoms with Crippen LogP contribution in [0.4, 0.5) is 10.1 Å². The zero-order chi connectivity index (χ0) is 11.3. The van der Waals surface area contributed by atoms with Gasteiger partial charge in [0.05, 0.1) is 0 Å². The van der Waals surface area contributed by atoms with Crippen LogP contribution in [0.15, 0.2) is 23.2 Å². The van der Waals surface area contributed by atoms with E-state index in [9.17, 15) is 4.39 Å². The number of thioether (sulfide) groups is 1. The van der Waals surface area contributed by atoms with Crippen LogP contribution >= 0.6 is 11.8 Å². The minimum atomic E-state index is -0.358. The van der Waals surface area contributed by atoms with Gasteiger partial charge in [-0.15, -0.1) is 0 Å². The van der Waals surface area contributed by atoms with E-state index in [4.69, 9.17) is 5.26 Å². The molecular weight excluding hydrogens is 213 g/mol. The second kappa shape index (κ2) is 5.37. The number of amidine groups is 1. The van der Waals surface area contributed by atoms with Crippen molar-refractivity contribution in [3.05, 3.63) is 29.6 Å². The Labute approximate surface area is 92.0 Å². The second-order valence-corrected chi connectivity index (χ2v) is 3.56. The number of nitrogens with one attached hydrogen (secondary N) is 1. The molecule has 0 saturated carbocycles. The lowest BCUT2D eigenvalue weighted by atomic mass is 10.2. The molecule has 5 heteroatoms. The molecule has 0 amide bonds. The molecule has 0 atom stereocenters. The van der Waals surface area contributed by atoms with Gasteiger partial charge >= 0.3 is 0 Å². The van der Waals surface area contributed by atoms with Gasteiger partial charge in [-0.25, -0.2) is 9.38 Å². The Balaban J connectivity index is 3.07. The number of halogens is 1. The molecule has 0 aliphatic heterocycles. The second-order valence-electron chi connectivity index (χ2n) is 2.77. The molecule has 0 heterocycles. The van der Waals surface area contributed by atoms with E-state index in [2.05, 4.69) is 10.3 Å². The number of hydrogen-bond acceptors (Lipinski definition) is 3. The molecule has 1 aromatic rings. The Hall–Kier alpha value is -1.54. The average Bonchev–Trinajstić information content (AvgIpc) is 2.24. The first-order chi connectivity index (χ1) is 7.19. The first kappa shape index (κ1) is 11.5. The number of aliphatic imine (C=N–C) groups is 1. The monoisotopic (exact) mass is 223 g/mol. The quantitative estimate of drug-likeness (QED) is 0.344. The van der Waals surface area contributed by atoms with Crippen molar-refractivity contribution in [3.63, 3.8) is 0 Å². The van der Waals surface area contributed by atoms with Crippen molar-refractivity contribution in [2.75, 3.05) is 6.26 Å². The maximum absolute atomic E-state index is 13.5. The van der Waals surface area contributed by atoms with Gasteiger partial charge < -0.3 is 0 Å². The lowest BCUT2D eigenvalue weighted by molar-refractivity contribution is 0.621. The lowest BCUT2D eigenvalue weighted by Gasteiger charge is -2.02. The Morgan fingerprint density at radius 2 is 2.33 bits per heavy atom. The zero-order valence-electron chi connectivity index (χ0n) is 8.41. The third-order valence-electron chi connectivity index (χ3n) is 1.75. The molecule has 0 bridgehead atoms. The predicted octanol–water partition coefficient (Wildman–Crippen LogP) is 2.56. The molecule has 0 radical (unpaired) electrons. The van der Waals surface area contributed by atoms with Crippen LogP contribution in [0.1, 0.15) is 5.56 Å². The molecule has 0 saturated heterocycles. The molecule has 0 unspecified atom stereocenters. The minimum Gasteiger partial charge on any atom is -0.271 e.